The maximum Gasteiger partial charge on any atom is 0.214 e. The third kappa shape index (κ3) is 3.28. The van der Waals surface area contributed by atoms with Crippen molar-refractivity contribution in [3.05, 3.63) is 12.4 Å². The van der Waals surface area contributed by atoms with Crippen LogP contribution in [0.1, 0.15) is 32.1 Å². The van der Waals surface area contributed by atoms with Crippen LogP contribution in [-0.4, -0.2) is 60.2 Å². The third-order valence-corrected chi connectivity index (χ3v) is 6.92. The highest BCUT2D eigenvalue weighted by Crippen LogP contribution is 2.28. The molecule has 1 aromatic heterocycles. The first-order chi connectivity index (χ1) is 11.1. The Kier molecular flexibility index (Phi) is 3.88. The Bertz CT molecular complexity index is 668. The molecule has 3 heterocycles. The first-order valence-corrected chi connectivity index (χ1v) is 10.1. The van der Waals surface area contributed by atoms with Gasteiger partial charge in [0.05, 0.1) is 5.75 Å². The van der Waals surface area contributed by atoms with Crippen molar-refractivity contribution in [1.29, 1.82) is 0 Å². The average Bonchev–Trinajstić information content (AvgIpc) is 3.29. The first kappa shape index (κ1) is 15.1. The van der Waals surface area contributed by atoms with E-state index in [1.807, 2.05) is 6.07 Å². The van der Waals surface area contributed by atoms with E-state index in [-0.39, 0.29) is 6.04 Å². The molecule has 1 aliphatic carbocycles. The van der Waals surface area contributed by atoms with E-state index in [4.69, 9.17) is 0 Å². The molecule has 0 bridgehead atoms. The van der Waals surface area contributed by atoms with Gasteiger partial charge in [-0.2, -0.15) is 4.31 Å². The summed E-state index contributed by atoms with van der Waals surface area (Å²) in [5.41, 5.74) is 0. The van der Waals surface area contributed by atoms with Gasteiger partial charge in [0, 0.05) is 37.8 Å². The maximum atomic E-state index is 12.0. The number of nitrogens with zero attached hydrogens (tertiary/aromatic N) is 4. The van der Waals surface area contributed by atoms with Crippen LogP contribution in [0, 0.1) is 0 Å². The number of piperidine rings is 1. The van der Waals surface area contributed by atoms with Crippen molar-refractivity contribution >= 4 is 21.7 Å². The Hall–Kier alpha value is -1.41. The van der Waals surface area contributed by atoms with E-state index in [9.17, 15) is 8.42 Å². The molecule has 2 aliphatic heterocycles. The zero-order valence-electron chi connectivity index (χ0n) is 13.2. The van der Waals surface area contributed by atoms with E-state index in [1.54, 1.807) is 10.6 Å². The minimum atomic E-state index is -3.00. The number of rotatable bonds is 4. The molecule has 1 N–H and O–H groups in total. The smallest absolute Gasteiger partial charge is 0.214 e. The van der Waals surface area contributed by atoms with Gasteiger partial charge in [-0.25, -0.2) is 18.4 Å². The Morgan fingerprint density at radius 1 is 1.09 bits per heavy atom. The van der Waals surface area contributed by atoms with Gasteiger partial charge in [-0.1, -0.05) is 0 Å². The normalized spacial score (nSPS) is 25.7. The molecule has 4 rings (SSSR count). The number of aromatic nitrogens is 2. The summed E-state index contributed by atoms with van der Waals surface area (Å²) >= 11 is 0. The first-order valence-electron chi connectivity index (χ1n) is 8.45. The molecule has 8 heteroatoms. The summed E-state index contributed by atoms with van der Waals surface area (Å²) in [6.07, 6.45) is 6.55. The second-order valence-corrected chi connectivity index (χ2v) is 8.72. The maximum absolute atomic E-state index is 12.0. The van der Waals surface area contributed by atoms with Gasteiger partial charge in [0.25, 0.3) is 0 Å². The number of anilines is 2. The van der Waals surface area contributed by atoms with Crippen LogP contribution in [0.15, 0.2) is 12.4 Å². The fourth-order valence-electron chi connectivity index (χ4n) is 3.49. The number of hydrogen-bond acceptors (Lipinski definition) is 6. The van der Waals surface area contributed by atoms with Crippen LogP contribution in [-0.2, 0) is 10.0 Å². The summed E-state index contributed by atoms with van der Waals surface area (Å²) < 4.78 is 25.8. The van der Waals surface area contributed by atoms with E-state index in [2.05, 4.69) is 20.2 Å². The molecule has 0 aromatic carbocycles. The minimum absolute atomic E-state index is 0.157. The highest BCUT2D eigenvalue weighted by Gasteiger charge is 2.36. The lowest BCUT2D eigenvalue weighted by atomic mass is 10.0. The van der Waals surface area contributed by atoms with E-state index in [0.717, 1.165) is 44.0 Å². The molecule has 126 valence electrons. The van der Waals surface area contributed by atoms with Crippen LogP contribution in [0.25, 0.3) is 0 Å². The van der Waals surface area contributed by atoms with Gasteiger partial charge in [0.1, 0.15) is 18.0 Å². The Morgan fingerprint density at radius 3 is 2.52 bits per heavy atom. The minimum Gasteiger partial charge on any atom is -0.367 e. The molecule has 23 heavy (non-hydrogen) atoms. The van der Waals surface area contributed by atoms with Gasteiger partial charge in [-0.15, -0.1) is 0 Å². The summed E-state index contributed by atoms with van der Waals surface area (Å²) in [7, 11) is -3.00. The molecule has 1 aromatic rings. The molecule has 7 nitrogen and oxygen atoms in total. The van der Waals surface area contributed by atoms with Crippen molar-refractivity contribution in [1.82, 2.24) is 14.3 Å². The molecule has 0 amide bonds. The van der Waals surface area contributed by atoms with E-state index < -0.39 is 10.0 Å². The second-order valence-electron chi connectivity index (χ2n) is 6.68. The Morgan fingerprint density at radius 2 is 1.87 bits per heavy atom. The Balaban J connectivity index is 1.39. The van der Waals surface area contributed by atoms with Gasteiger partial charge in [0.15, 0.2) is 0 Å². The van der Waals surface area contributed by atoms with Crippen LogP contribution in [0.2, 0.25) is 0 Å². The fraction of sp³-hybridized carbons (Fsp3) is 0.733. The van der Waals surface area contributed by atoms with Gasteiger partial charge >= 0.3 is 0 Å². The highest BCUT2D eigenvalue weighted by atomic mass is 32.2. The summed E-state index contributed by atoms with van der Waals surface area (Å²) in [6.45, 7) is 2.38. The summed E-state index contributed by atoms with van der Waals surface area (Å²) in [5, 5.41) is 3.39. The predicted molar refractivity (Wildman–Crippen MR) is 89.0 cm³/mol. The summed E-state index contributed by atoms with van der Waals surface area (Å²) in [5.74, 6) is 2.14. The van der Waals surface area contributed by atoms with Crippen molar-refractivity contribution in [2.75, 3.05) is 35.6 Å². The quantitative estimate of drug-likeness (QED) is 0.885. The standard InChI is InChI=1S/C15H23N5O2S/c21-23(22)9-1-6-20(23)13-4-7-19(8-5-13)15-10-14(16-11-17-15)18-12-2-3-12/h10-13H,1-9H2,(H,16,17,18). The van der Waals surface area contributed by atoms with Crippen LogP contribution in [0.5, 0.6) is 0 Å². The lowest BCUT2D eigenvalue weighted by Gasteiger charge is -2.36. The lowest BCUT2D eigenvalue weighted by Crippen LogP contribution is -2.45. The Labute approximate surface area is 137 Å². The predicted octanol–water partition coefficient (Wildman–Crippen LogP) is 1.06. The largest absolute Gasteiger partial charge is 0.367 e. The van der Waals surface area contributed by atoms with Crippen molar-refractivity contribution in [2.24, 2.45) is 0 Å². The molecule has 0 unspecified atom stereocenters. The van der Waals surface area contributed by atoms with Crippen molar-refractivity contribution in [2.45, 2.75) is 44.2 Å². The zero-order valence-corrected chi connectivity index (χ0v) is 14.0. The van der Waals surface area contributed by atoms with E-state index >= 15 is 0 Å². The monoisotopic (exact) mass is 337 g/mol. The van der Waals surface area contributed by atoms with Gasteiger partial charge in [0.2, 0.25) is 10.0 Å². The van der Waals surface area contributed by atoms with Gasteiger partial charge in [-0.3, -0.25) is 0 Å². The number of nitrogens with one attached hydrogen (secondary N) is 1. The van der Waals surface area contributed by atoms with Gasteiger partial charge < -0.3 is 10.2 Å². The zero-order chi connectivity index (χ0) is 15.9. The molecule has 3 aliphatic rings. The number of hydrogen-bond donors (Lipinski definition) is 1. The average molecular weight is 337 g/mol. The SMILES string of the molecule is O=S1(=O)CCCN1C1CCN(c2cc(NC3CC3)ncn2)CC1. The molecule has 0 atom stereocenters. The second kappa shape index (κ2) is 5.90. The molecule has 2 saturated heterocycles. The fourth-order valence-corrected chi connectivity index (χ4v) is 5.29. The van der Waals surface area contributed by atoms with Crippen LogP contribution >= 0.6 is 0 Å². The third-order valence-electron chi connectivity index (χ3n) is 4.92. The number of sulfonamides is 1. The van der Waals surface area contributed by atoms with Crippen molar-refractivity contribution in [3.8, 4) is 0 Å². The lowest BCUT2D eigenvalue weighted by molar-refractivity contribution is 0.290. The summed E-state index contributed by atoms with van der Waals surface area (Å²) in [6, 6.07) is 2.74. The molecular formula is C15H23N5O2S. The topological polar surface area (TPSA) is 78.4 Å². The van der Waals surface area contributed by atoms with Crippen LogP contribution in [0.3, 0.4) is 0 Å². The van der Waals surface area contributed by atoms with E-state index in [1.165, 1.54) is 12.8 Å². The molecule has 0 radical (unpaired) electrons. The van der Waals surface area contributed by atoms with Gasteiger partial charge in [-0.05, 0) is 32.1 Å². The van der Waals surface area contributed by atoms with Crippen molar-refractivity contribution < 1.29 is 8.42 Å². The molecule has 3 fully saturated rings. The molecule has 1 saturated carbocycles. The van der Waals surface area contributed by atoms with E-state index in [0.29, 0.717) is 18.3 Å². The molecule has 0 spiro atoms. The van der Waals surface area contributed by atoms with Crippen LogP contribution in [0.4, 0.5) is 11.6 Å². The summed E-state index contributed by atoms with van der Waals surface area (Å²) in [4.78, 5) is 10.9. The van der Waals surface area contributed by atoms with Crippen molar-refractivity contribution in [3.63, 3.8) is 0 Å². The van der Waals surface area contributed by atoms with Crippen LogP contribution < -0.4 is 10.2 Å². The highest BCUT2D eigenvalue weighted by molar-refractivity contribution is 7.89. The molecular weight excluding hydrogens is 314 g/mol.